The fraction of sp³-hybridized carbons (Fsp3) is 0.500. The van der Waals surface area contributed by atoms with Crippen LogP contribution in [0.2, 0.25) is 0 Å². The number of unbranched alkanes of at least 4 members (excludes halogenated alkanes) is 1. The van der Waals surface area contributed by atoms with Gasteiger partial charge in [0.25, 0.3) is 0 Å². The number of pyridine rings is 1. The van der Waals surface area contributed by atoms with E-state index in [4.69, 9.17) is 0 Å². The van der Waals surface area contributed by atoms with E-state index in [-0.39, 0.29) is 0 Å². The fourth-order valence-corrected chi connectivity index (χ4v) is 2.21. The molecule has 0 aromatic carbocycles. The van der Waals surface area contributed by atoms with E-state index in [1.165, 1.54) is 12.8 Å². The van der Waals surface area contributed by atoms with Gasteiger partial charge in [0.2, 0.25) is 0 Å². The molecule has 0 fully saturated rings. The Morgan fingerprint density at radius 3 is 2.88 bits per heavy atom. The van der Waals surface area contributed by atoms with Gasteiger partial charge in [0, 0.05) is 23.6 Å². The molecule has 0 saturated heterocycles. The smallest absolute Gasteiger partial charge is 0.160 e. The van der Waals surface area contributed by atoms with Crippen molar-refractivity contribution >= 4 is 27.1 Å². The Kier molecular flexibility index (Phi) is 3.59. The van der Waals surface area contributed by atoms with Crippen molar-refractivity contribution < 1.29 is 0 Å². The van der Waals surface area contributed by atoms with Crippen LogP contribution in [0.1, 0.15) is 32.5 Å². The molecule has 16 heavy (non-hydrogen) atoms. The second-order valence-electron chi connectivity index (χ2n) is 3.87. The van der Waals surface area contributed by atoms with Gasteiger partial charge in [0.15, 0.2) is 5.65 Å². The lowest BCUT2D eigenvalue weighted by Gasteiger charge is -2.03. The van der Waals surface area contributed by atoms with Gasteiger partial charge in [-0.05, 0) is 35.3 Å². The molecular formula is C12H16BrN3. The summed E-state index contributed by atoms with van der Waals surface area (Å²) in [5.74, 6) is 1.16. The summed E-state index contributed by atoms with van der Waals surface area (Å²) in [5.41, 5.74) is 1.99. The Hall–Kier alpha value is -0.900. The number of hydrogen-bond acceptors (Lipinski definition) is 2. The summed E-state index contributed by atoms with van der Waals surface area (Å²) < 4.78 is 3.19. The molecule has 0 spiro atoms. The maximum atomic E-state index is 4.65. The highest BCUT2D eigenvalue weighted by Gasteiger charge is 2.10. The van der Waals surface area contributed by atoms with Gasteiger partial charge in [-0.3, -0.25) is 0 Å². The lowest BCUT2D eigenvalue weighted by molar-refractivity contribution is 0.671. The van der Waals surface area contributed by atoms with Crippen LogP contribution in [0.15, 0.2) is 16.7 Å². The van der Waals surface area contributed by atoms with E-state index in [1.54, 1.807) is 0 Å². The van der Waals surface area contributed by atoms with Gasteiger partial charge in [0.1, 0.15) is 11.3 Å². The van der Waals surface area contributed by atoms with Crippen molar-refractivity contribution in [3.8, 4) is 0 Å². The standard InChI is InChI=1S/C12H16BrN3/c1-3-5-6-11-15-10-7-9(13)8-14-12(10)16(11)4-2/h7-8H,3-6H2,1-2H3. The zero-order valence-electron chi connectivity index (χ0n) is 9.70. The van der Waals surface area contributed by atoms with Crippen LogP contribution < -0.4 is 0 Å². The minimum atomic E-state index is 0.935. The van der Waals surface area contributed by atoms with Crippen molar-refractivity contribution in [2.24, 2.45) is 0 Å². The van der Waals surface area contributed by atoms with E-state index in [9.17, 15) is 0 Å². The molecule has 2 aromatic heterocycles. The van der Waals surface area contributed by atoms with Crippen molar-refractivity contribution in [1.82, 2.24) is 14.5 Å². The SMILES string of the molecule is CCCCc1nc2cc(Br)cnc2n1CC. The van der Waals surface area contributed by atoms with Gasteiger partial charge in [-0.15, -0.1) is 0 Å². The molecule has 0 N–H and O–H groups in total. The van der Waals surface area contributed by atoms with Crippen LogP contribution in [0.4, 0.5) is 0 Å². The minimum absolute atomic E-state index is 0.935. The van der Waals surface area contributed by atoms with E-state index >= 15 is 0 Å². The van der Waals surface area contributed by atoms with E-state index < -0.39 is 0 Å². The minimum Gasteiger partial charge on any atom is -0.313 e. The number of halogens is 1. The van der Waals surface area contributed by atoms with Crippen molar-refractivity contribution in [2.45, 2.75) is 39.7 Å². The molecule has 0 amide bonds. The van der Waals surface area contributed by atoms with Crippen LogP contribution in [0.25, 0.3) is 11.2 Å². The first-order chi connectivity index (χ1) is 7.76. The Labute approximate surface area is 104 Å². The second-order valence-corrected chi connectivity index (χ2v) is 4.79. The Morgan fingerprint density at radius 2 is 2.19 bits per heavy atom. The third kappa shape index (κ3) is 2.12. The predicted octanol–water partition coefficient (Wildman–Crippen LogP) is 3.56. The Bertz CT molecular complexity index is 490. The highest BCUT2D eigenvalue weighted by Crippen LogP contribution is 2.19. The monoisotopic (exact) mass is 281 g/mol. The lowest BCUT2D eigenvalue weighted by atomic mass is 10.2. The van der Waals surface area contributed by atoms with Crippen molar-refractivity contribution in [3.05, 3.63) is 22.6 Å². The highest BCUT2D eigenvalue weighted by molar-refractivity contribution is 9.10. The molecule has 0 saturated carbocycles. The quantitative estimate of drug-likeness (QED) is 0.858. The van der Waals surface area contributed by atoms with Gasteiger partial charge in [-0.2, -0.15) is 0 Å². The number of nitrogens with zero attached hydrogens (tertiary/aromatic N) is 3. The summed E-state index contributed by atoms with van der Waals surface area (Å²) in [4.78, 5) is 9.09. The molecule has 2 aromatic rings. The molecule has 86 valence electrons. The van der Waals surface area contributed by atoms with Crippen LogP contribution in [0.5, 0.6) is 0 Å². The van der Waals surface area contributed by atoms with Crippen LogP contribution in [-0.2, 0) is 13.0 Å². The van der Waals surface area contributed by atoms with Crippen LogP contribution in [0.3, 0.4) is 0 Å². The van der Waals surface area contributed by atoms with Crippen LogP contribution in [-0.4, -0.2) is 14.5 Å². The molecule has 0 radical (unpaired) electrons. The van der Waals surface area contributed by atoms with Crippen molar-refractivity contribution in [2.75, 3.05) is 0 Å². The first-order valence-corrected chi connectivity index (χ1v) is 6.56. The number of imidazole rings is 1. The summed E-state index contributed by atoms with van der Waals surface area (Å²) in [6.45, 7) is 5.28. The molecule has 0 aliphatic rings. The Balaban J connectivity index is 2.48. The molecule has 3 nitrogen and oxygen atoms in total. The van der Waals surface area contributed by atoms with Crippen LogP contribution >= 0.6 is 15.9 Å². The first kappa shape index (κ1) is 11.6. The fourth-order valence-electron chi connectivity index (χ4n) is 1.89. The van der Waals surface area contributed by atoms with Gasteiger partial charge in [-0.1, -0.05) is 13.3 Å². The van der Waals surface area contributed by atoms with Gasteiger partial charge >= 0.3 is 0 Å². The van der Waals surface area contributed by atoms with E-state index in [0.29, 0.717) is 0 Å². The van der Waals surface area contributed by atoms with Gasteiger partial charge < -0.3 is 4.57 Å². The summed E-state index contributed by atoms with van der Waals surface area (Å²) in [5, 5.41) is 0. The number of fused-ring (bicyclic) bond motifs is 1. The van der Waals surface area contributed by atoms with E-state index in [2.05, 4.69) is 44.3 Å². The molecule has 0 unspecified atom stereocenters. The molecule has 0 atom stereocenters. The van der Waals surface area contributed by atoms with Crippen molar-refractivity contribution in [1.29, 1.82) is 0 Å². The normalized spacial score (nSPS) is 11.2. The topological polar surface area (TPSA) is 30.7 Å². The molecule has 2 heterocycles. The molecule has 0 bridgehead atoms. The predicted molar refractivity (Wildman–Crippen MR) is 69.5 cm³/mol. The molecular weight excluding hydrogens is 266 g/mol. The lowest BCUT2D eigenvalue weighted by Crippen LogP contribution is -2.02. The average Bonchev–Trinajstić information content (AvgIpc) is 2.62. The molecule has 4 heteroatoms. The Morgan fingerprint density at radius 1 is 1.38 bits per heavy atom. The summed E-state index contributed by atoms with van der Waals surface area (Å²) in [6.07, 6.45) is 5.26. The van der Waals surface area contributed by atoms with E-state index in [1.807, 2.05) is 12.3 Å². The second kappa shape index (κ2) is 4.95. The maximum Gasteiger partial charge on any atom is 0.160 e. The average molecular weight is 282 g/mol. The zero-order valence-corrected chi connectivity index (χ0v) is 11.3. The highest BCUT2D eigenvalue weighted by atomic mass is 79.9. The van der Waals surface area contributed by atoms with Crippen LogP contribution in [0, 0.1) is 0 Å². The zero-order chi connectivity index (χ0) is 11.5. The van der Waals surface area contributed by atoms with Crippen molar-refractivity contribution in [3.63, 3.8) is 0 Å². The number of aromatic nitrogens is 3. The number of aryl methyl sites for hydroxylation is 2. The van der Waals surface area contributed by atoms with Gasteiger partial charge in [0.05, 0.1) is 0 Å². The largest absolute Gasteiger partial charge is 0.313 e. The molecule has 2 rings (SSSR count). The molecule has 0 aliphatic heterocycles. The third-order valence-corrected chi connectivity index (χ3v) is 3.13. The number of hydrogen-bond donors (Lipinski definition) is 0. The number of rotatable bonds is 4. The first-order valence-electron chi connectivity index (χ1n) is 5.77. The van der Waals surface area contributed by atoms with E-state index in [0.717, 1.165) is 34.4 Å². The molecule has 0 aliphatic carbocycles. The maximum absolute atomic E-state index is 4.65. The summed E-state index contributed by atoms with van der Waals surface area (Å²) in [6, 6.07) is 2.03. The summed E-state index contributed by atoms with van der Waals surface area (Å²) in [7, 11) is 0. The van der Waals surface area contributed by atoms with Gasteiger partial charge in [-0.25, -0.2) is 9.97 Å². The summed E-state index contributed by atoms with van der Waals surface area (Å²) >= 11 is 3.43. The third-order valence-electron chi connectivity index (χ3n) is 2.70.